The maximum absolute atomic E-state index is 12.6. The second kappa shape index (κ2) is 5.24. The number of carbonyl (C=O) groups excluding carboxylic acids is 1. The van der Waals surface area contributed by atoms with Crippen molar-refractivity contribution in [3.8, 4) is 0 Å². The Labute approximate surface area is 115 Å². The first-order valence-electron chi connectivity index (χ1n) is 7.07. The summed E-state index contributed by atoms with van der Waals surface area (Å²) in [5.74, 6) is 0.889. The van der Waals surface area contributed by atoms with E-state index >= 15 is 0 Å². The Morgan fingerprint density at radius 1 is 1.32 bits per heavy atom. The molecule has 0 aliphatic heterocycles. The lowest BCUT2D eigenvalue weighted by Gasteiger charge is -2.24. The summed E-state index contributed by atoms with van der Waals surface area (Å²) in [4.78, 5) is 14.5. The summed E-state index contributed by atoms with van der Waals surface area (Å²) in [5.41, 5.74) is 7.31. The van der Waals surface area contributed by atoms with E-state index in [0.29, 0.717) is 5.92 Å². The normalized spacial score (nSPS) is 16.4. The highest BCUT2D eigenvalue weighted by atomic mass is 16.2. The van der Waals surface area contributed by atoms with E-state index in [-0.39, 0.29) is 11.3 Å². The zero-order chi connectivity index (χ0) is 14.0. The lowest BCUT2D eigenvalue weighted by atomic mass is 9.94. The van der Waals surface area contributed by atoms with Gasteiger partial charge in [-0.3, -0.25) is 4.79 Å². The minimum absolute atomic E-state index is 0.262. The summed E-state index contributed by atoms with van der Waals surface area (Å²) >= 11 is 0. The molecule has 3 nitrogen and oxygen atoms in total. The van der Waals surface area contributed by atoms with E-state index in [9.17, 15) is 4.79 Å². The van der Waals surface area contributed by atoms with Gasteiger partial charge in [-0.2, -0.15) is 0 Å². The lowest BCUT2D eigenvalue weighted by molar-refractivity contribution is -0.132. The number of carbonyl (C=O) groups is 1. The van der Waals surface area contributed by atoms with Crippen molar-refractivity contribution >= 4 is 11.6 Å². The van der Waals surface area contributed by atoms with Crippen molar-refractivity contribution in [1.82, 2.24) is 4.90 Å². The molecule has 19 heavy (non-hydrogen) atoms. The molecular weight excluding hydrogens is 236 g/mol. The highest BCUT2D eigenvalue weighted by Crippen LogP contribution is 2.49. The first-order valence-corrected chi connectivity index (χ1v) is 7.07. The zero-order valence-corrected chi connectivity index (χ0v) is 12.1. The average Bonchev–Trinajstić information content (AvgIpc) is 3.17. The van der Waals surface area contributed by atoms with Crippen LogP contribution in [0.25, 0.3) is 0 Å². The molecule has 1 fully saturated rings. The maximum atomic E-state index is 12.6. The summed E-state index contributed by atoms with van der Waals surface area (Å²) < 4.78 is 0. The van der Waals surface area contributed by atoms with Crippen LogP contribution in [-0.4, -0.2) is 24.4 Å². The Balaban J connectivity index is 2.07. The van der Waals surface area contributed by atoms with Gasteiger partial charge >= 0.3 is 0 Å². The number of anilines is 1. The van der Waals surface area contributed by atoms with E-state index in [2.05, 4.69) is 13.8 Å². The molecular formula is C16H24N2O. The molecule has 0 radical (unpaired) electrons. The third kappa shape index (κ3) is 2.91. The quantitative estimate of drug-likeness (QED) is 0.827. The van der Waals surface area contributed by atoms with E-state index in [1.54, 1.807) is 0 Å². The van der Waals surface area contributed by atoms with Crippen LogP contribution in [0.2, 0.25) is 0 Å². The van der Waals surface area contributed by atoms with Crippen LogP contribution in [0.1, 0.15) is 38.7 Å². The molecule has 1 aromatic rings. The van der Waals surface area contributed by atoms with Crippen molar-refractivity contribution < 1.29 is 4.79 Å². The van der Waals surface area contributed by atoms with E-state index in [0.717, 1.165) is 37.1 Å². The van der Waals surface area contributed by atoms with Gasteiger partial charge in [0.05, 0.1) is 5.41 Å². The van der Waals surface area contributed by atoms with Crippen molar-refractivity contribution in [1.29, 1.82) is 0 Å². The van der Waals surface area contributed by atoms with Gasteiger partial charge in [-0.15, -0.1) is 0 Å². The topological polar surface area (TPSA) is 46.3 Å². The van der Waals surface area contributed by atoms with Crippen LogP contribution in [0.3, 0.4) is 0 Å². The molecule has 1 aliphatic carbocycles. The largest absolute Gasteiger partial charge is 0.399 e. The molecule has 2 N–H and O–H groups in total. The summed E-state index contributed by atoms with van der Waals surface area (Å²) in [6.45, 7) is 5.21. The highest BCUT2D eigenvalue weighted by Gasteiger charge is 2.52. The van der Waals surface area contributed by atoms with Gasteiger partial charge in [0.15, 0.2) is 0 Å². The van der Waals surface area contributed by atoms with Crippen molar-refractivity contribution in [2.24, 2.45) is 5.92 Å². The van der Waals surface area contributed by atoms with E-state index in [1.807, 2.05) is 36.2 Å². The SMILES string of the molecule is CC(C)CCN(C)C(=O)C1(c2ccc(N)cc2)CC1. The van der Waals surface area contributed by atoms with Crippen molar-refractivity contribution in [2.75, 3.05) is 19.3 Å². The number of nitrogens with zero attached hydrogens (tertiary/aromatic N) is 1. The predicted molar refractivity (Wildman–Crippen MR) is 78.9 cm³/mol. The Morgan fingerprint density at radius 2 is 1.89 bits per heavy atom. The third-order valence-electron chi connectivity index (χ3n) is 4.01. The Kier molecular flexibility index (Phi) is 3.83. The Hall–Kier alpha value is -1.51. The Morgan fingerprint density at radius 3 is 2.37 bits per heavy atom. The van der Waals surface area contributed by atoms with Gasteiger partial charge in [0.25, 0.3) is 0 Å². The van der Waals surface area contributed by atoms with Crippen LogP contribution in [0.5, 0.6) is 0 Å². The zero-order valence-electron chi connectivity index (χ0n) is 12.1. The van der Waals surface area contributed by atoms with Crippen LogP contribution >= 0.6 is 0 Å². The number of rotatable bonds is 5. The van der Waals surface area contributed by atoms with Crippen molar-refractivity contribution in [3.63, 3.8) is 0 Å². The number of hydrogen-bond acceptors (Lipinski definition) is 2. The maximum Gasteiger partial charge on any atom is 0.232 e. The molecule has 0 heterocycles. The number of nitrogen functional groups attached to an aromatic ring is 1. The first kappa shape index (κ1) is 13.9. The smallest absolute Gasteiger partial charge is 0.232 e. The molecule has 0 atom stereocenters. The van der Waals surface area contributed by atoms with Gasteiger partial charge in [-0.05, 0) is 42.9 Å². The molecule has 2 rings (SSSR count). The van der Waals surface area contributed by atoms with Gasteiger partial charge in [0.1, 0.15) is 0 Å². The van der Waals surface area contributed by atoms with Gasteiger partial charge in [0, 0.05) is 19.3 Å². The van der Waals surface area contributed by atoms with E-state index < -0.39 is 0 Å². The van der Waals surface area contributed by atoms with Gasteiger partial charge in [0.2, 0.25) is 5.91 Å². The molecule has 1 amide bonds. The first-order chi connectivity index (χ1) is 8.95. The van der Waals surface area contributed by atoms with Gasteiger partial charge < -0.3 is 10.6 Å². The fourth-order valence-corrected chi connectivity index (χ4v) is 2.47. The predicted octanol–water partition coefficient (Wildman–Crippen LogP) is 2.80. The molecule has 0 bridgehead atoms. The lowest BCUT2D eigenvalue weighted by Crippen LogP contribution is -2.37. The fourth-order valence-electron chi connectivity index (χ4n) is 2.47. The molecule has 1 aromatic carbocycles. The highest BCUT2D eigenvalue weighted by molar-refractivity contribution is 5.91. The molecule has 0 aromatic heterocycles. The number of benzene rings is 1. The number of hydrogen-bond donors (Lipinski definition) is 1. The van der Waals surface area contributed by atoms with E-state index in [1.165, 1.54) is 0 Å². The van der Waals surface area contributed by atoms with Crippen LogP contribution < -0.4 is 5.73 Å². The Bertz CT molecular complexity index is 446. The summed E-state index contributed by atoms with van der Waals surface area (Å²) in [6.07, 6.45) is 2.98. The average molecular weight is 260 g/mol. The molecule has 0 saturated heterocycles. The van der Waals surface area contributed by atoms with Gasteiger partial charge in [-0.1, -0.05) is 26.0 Å². The summed E-state index contributed by atoms with van der Waals surface area (Å²) in [7, 11) is 1.92. The fraction of sp³-hybridized carbons (Fsp3) is 0.562. The molecule has 1 saturated carbocycles. The molecule has 104 valence electrons. The standard InChI is InChI=1S/C16H24N2O/c1-12(2)8-11-18(3)15(19)16(9-10-16)13-4-6-14(17)7-5-13/h4-7,12H,8-11,17H2,1-3H3. The summed E-state index contributed by atoms with van der Waals surface area (Å²) in [6, 6.07) is 7.76. The minimum Gasteiger partial charge on any atom is -0.399 e. The summed E-state index contributed by atoms with van der Waals surface area (Å²) in [5, 5.41) is 0. The molecule has 3 heteroatoms. The second-order valence-electron chi connectivity index (χ2n) is 6.11. The minimum atomic E-state index is -0.264. The van der Waals surface area contributed by atoms with Crippen LogP contribution in [0.15, 0.2) is 24.3 Å². The van der Waals surface area contributed by atoms with Crippen molar-refractivity contribution in [2.45, 2.75) is 38.5 Å². The van der Waals surface area contributed by atoms with Crippen LogP contribution in [-0.2, 0) is 10.2 Å². The molecule has 0 spiro atoms. The third-order valence-corrected chi connectivity index (χ3v) is 4.01. The number of likely N-dealkylation sites (N-methyl/N-ethyl adjacent to an activating group) is 1. The molecule has 0 unspecified atom stereocenters. The van der Waals surface area contributed by atoms with Crippen molar-refractivity contribution in [3.05, 3.63) is 29.8 Å². The second-order valence-corrected chi connectivity index (χ2v) is 6.11. The number of nitrogens with two attached hydrogens (primary N) is 1. The van der Waals surface area contributed by atoms with Crippen LogP contribution in [0.4, 0.5) is 5.69 Å². The van der Waals surface area contributed by atoms with Crippen LogP contribution in [0, 0.1) is 5.92 Å². The number of amides is 1. The van der Waals surface area contributed by atoms with E-state index in [4.69, 9.17) is 5.73 Å². The monoisotopic (exact) mass is 260 g/mol. The van der Waals surface area contributed by atoms with Gasteiger partial charge in [-0.25, -0.2) is 0 Å². The molecule has 1 aliphatic rings.